The molecule has 6 aromatic rings. The number of imidazole rings is 2. The van der Waals surface area contributed by atoms with Crippen LogP contribution in [-0.2, 0) is 18.9 Å². The van der Waals surface area contributed by atoms with Gasteiger partial charge in [-0.25, -0.2) is 9.97 Å². The van der Waals surface area contributed by atoms with Gasteiger partial charge in [-0.3, -0.25) is 0 Å². The summed E-state index contributed by atoms with van der Waals surface area (Å²) in [6.07, 6.45) is -1.21. The first-order chi connectivity index (χ1) is 27.0. The van der Waals surface area contributed by atoms with Gasteiger partial charge < -0.3 is 47.9 Å². The van der Waals surface area contributed by atoms with Crippen molar-refractivity contribution < 1.29 is 37.9 Å². The third-order valence-electron chi connectivity index (χ3n) is 9.55. The van der Waals surface area contributed by atoms with Gasteiger partial charge in [0.15, 0.2) is 12.6 Å². The largest absolute Gasteiger partial charge is 0.497 e. The maximum atomic E-state index is 6.23. The second-order valence-corrected chi connectivity index (χ2v) is 14.1. The van der Waals surface area contributed by atoms with Crippen molar-refractivity contribution in [3.8, 4) is 68.0 Å². The summed E-state index contributed by atoms with van der Waals surface area (Å²) in [4.78, 5) is 17.9. The van der Waals surface area contributed by atoms with Crippen molar-refractivity contribution >= 4 is 11.8 Å². The van der Waals surface area contributed by atoms with Crippen molar-refractivity contribution in [3.05, 3.63) is 109 Å². The minimum Gasteiger partial charge on any atom is -0.497 e. The number of aromatic amines is 2. The molecule has 2 unspecified atom stereocenters. The molecule has 0 amide bonds. The van der Waals surface area contributed by atoms with E-state index in [1.165, 1.54) is 0 Å². The van der Waals surface area contributed by atoms with Gasteiger partial charge in [-0.05, 0) is 97.1 Å². The van der Waals surface area contributed by atoms with E-state index in [1.807, 2.05) is 97.1 Å². The van der Waals surface area contributed by atoms with Crippen molar-refractivity contribution in [2.75, 3.05) is 54.9 Å². The van der Waals surface area contributed by atoms with E-state index >= 15 is 0 Å². The van der Waals surface area contributed by atoms with Crippen molar-refractivity contribution in [1.29, 1.82) is 0 Å². The first kappa shape index (κ1) is 36.7. The van der Waals surface area contributed by atoms with Crippen LogP contribution in [0.5, 0.6) is 23.0 Å². The topological polar surface area (TPSA) is 131 Å². The van der Waals surface area contributed by atoms with Crippen LogP contribution in [0.3, 0.4) is 0 Å². The lowest BCUT2D eigenvalue weighted by molar-refractivity contribution is -0.0501. The fourth-order valence-electron chi connectivity index (χ4n) is 6.68. The highest BCUT2D eigenvalue weighted by Crippen LogP contribution is 2.49. The van der Waals surface area contributed by atoms with Gasteiger partial charge >= 0.3 is 0 Å². The van der Waals surface area contributed by atoms with Crippen LogP contribution in [0.15, 0.2) is 97.1 Å². The number of nitrogens with zero attached hydrogens (tertiary/aromatic N) is 2. The Morgan fingerprint density at radius 1 is 0.473 bits per heavy atom. The van der Waals surface area contributed by atoms with Crippen LogP contribution in [-0.4, -0.2) is 87.4 Å². The smallest absolute Gasteiger partial charge is 0.176 e. The second-order valence-electron chi connectivity index (χ2n) is 12.8. The molecule has 2 aromatic heterocycles. The molecular weight excluding hydrogens is 721 g/mol. The number of hydrogen-bond acceptors (Lipinski definition) is 11. The summed E-state index contributed by atoms with van der Waals surface area (Å²) >= 11 is 1.57. The Labute approximate surface area is 323 Å². The fourth-order valence-corrected chi connectivity index (χ4v) is 8.04. The first-order valence-electron chi connectivity index (χ1n) is 17.9. The molecule has 8 rings (SSSR count). The maximum absolute atomic E-state index is 6.23. The zero-order valence-corrected chi connectivity index (χ0v) is 31.8. The van der Waals surface area contributed by atoms with Gasteiger partial charge in [0.2, 0.25) is 0 Å². The molecule has 0 saturated carbocycles. The summed E-state index contributed by atoms with van der Waals surface area (Å²) < 4.78 is 46.7. The van der Waals surface area contributed by atoms with Crippen molar-refractivity contribution in [1.82, 2.24) is 19.9 Å². The quantitative estimate of drug-likeness (QED) is 0.112. The first-order valence-corrected chi connectivity index (χ1v) is 18.9. The molecule has 0 radical (unpaired) electrons. The SMILES string of the molecule is COc1ccc(-c2nc(C(SC(c3nc(-c4ccc(OC)cc4)c(-c4ccc(OC)cc4)[nH]3)C3OCCO3)C3OCCO3)[nH]c2-c2ccc(OC)cc2)cc1. The average molecular weight is 763 g/mol. The summed E-state index contributed by atoms with van der Waals surface area (Å²) in [6.45, 7) is 1.85. The zero-order valence-electron chi connectivity index (χ0n) is 30.9. The lowest BCUT2D eigenvalue weighted by Gasteiger charge is -2.27. The predicted molar refractivity (Wildman–Crippen MR) is 210 cm³/mol. The van der Waals surface area contributed by atoms with Gasteiger partial charge in [-0.2, -0.15) is 0 Å². The van der Waals surface area contributed by atoms with Crippen LogP contribution in [0.4, 0.5) is 0 Å². The third kappa shape index (κ3) is 7.80. The van der Waals surface area contributed by atoms with Crippen LogP contribution >= 0.6 is 11.8 Å². The Balaban J connectivity index is 1.23. The summed E-state index contributed by atoms with van der Waals surface area (Å²) in [5, 5.41) is -0.883. The van der Waals surface area contributed by atoms with Gasteiger partial charge in [-0.15, -0.1) is 11.8 Å². The monoisotopic (exact) mass is 762 g/mol. The molecule has 2 atom stereocenters. The normalized spacial score (nSPS) is 15.9. The fraction of sp³-hybridized carbons (Fsp3) is 0.286. The molecule has 2 N–H and O–H groups in total. The predicted octanol–water partition coefficient (Wildman–Crippen LogP) is 8.10. The highest BCUT2D eigenvalue weighted by Gasteiger charge is 2.41. The number of rotatable bonds is 14. The van der Waals surface area contributed by atoms with Crippen LogP contribution < -0.4 is 18.9 Å². The summed E-state index contributed by atoms with van der Waals surface area (Å²) in [6, 6.07) is 31.5. The Morgan fingerprint density at radius 2 is 0.764 bits per heavy atom. The standard InChI is InChI=1S/C42H42N4O8S/c1-47-29-13-5-25(6-14-29)33-34(26-7-15-30(48-2)16-8-26)44-39(43-33)37(41-51-21-22-52-41)55-38(42-53-23-24-54-42)40-45-35(27-9-17-31(49-3)18-10-27)36(46-40)28-11-19-32(50-4)20-12-28/h5-20,37-38,41-42H,21-24H2,1-4H3,(H,43,44)(H,45,46). The van der Waals surface area contributed by atoms with E-state index in [0.29, 0.717) is 38.1 Å². The van der Waals surface area contributed by atoms with Crippen LogP contribution in [0.1, 0.15) is 22.1 Å². The number of benzene rings is 4. The van der Waals surface area contributed by atoms with Gasteiger partial charge in [0.1, 0.15) is 45.1 Å². The number of H-pyrrole nitrogens is 2. The molecule has 4 aromatic carbocycles. The molecule has 284 valence electrons. The highest BCUT2D eigenvalue weighted by atomic mass is 32.2. The Kier molecular flexibility index (Phi) is 11.1. The van der Waals surface area contributed by atoms with Crippen LogP contribution in [0.25, 0.3) is 45.0 Å². The van der Waals surface area contributed by atoms with E-state index in [2.05, 4.69) is 9.97 Å². The van der Waals surface area contributed by atoms with Gasteiger partial charge in [0.05, 0.1) is 77.6 Å². The summed E-state index contributed by atoms with van der Waals surface area (Å²) in [5.41, 5.74) is 6.97. The van der Waals surface area contributed by atoms with E-state index < -0.39 is 23.1 Å². The molecule has 2 aliphatic rings. The molecule has 0 aliphatic carbocycles. The Hall–Kier alpha value is -5.31. The molecule has 13 heteroatoms. The third-order valence-corrected chi connectivity index (χ3v) is 11.0. The van der Waals surface area contributed by atoms with E-state index in [0.717, 1.165) is 68.0 Å². The number of thioether (sulfide) groups is 1. The van der Waals surface area contributed by atoms with Crippen LogP contribution in [0.2, 0.25) is 0 Å². The number of aromatic nitrogens is 4. The maximum Gasteiger partial charge on any atom is 0.176 e. The minimum absolute atomic E-state index is 0.441. The van der Waals surface area contributed by atoms with E-state index in [-0.39, 0.29) is 0 Å². The van der Waals surface area contributed by atoms with Gasteiger partial charge in [0.25, 0.3) is 0 Å². The number of ether oxygens (including phenoxy) is 8. The Bertz CT molecular complexity index is 1870. The van der Waals surface area contributed by atoms with Crippen molar-refractivity contribution in [3.63, 3.8) is 0 Å². The minimum atomic E-state index is -0.607. The average Bonchev–Trinajstić information content (AvgIpc) is 4.10. The van der Waals surface area contributed by atoms with Gasteiger partial charge in [0, 0.05) is 22.3 Å². The number of methoxy groups -OCH3 is 4. The zero-order chi connectivity index (χ0) is 37.7. The molecule has 4 heterocycles. The molecule has 55 heavy (non-hydrogen) atoms. The molecule has 0 spiro atoms. The lowest BCUT2D eigenvalue weighted by atomic mass is 10.0. The molecule has 2 saturated heterocycles. The second kappa shape index (κ2) is 16.6. The molecule has 0 bridgehead atoms. The van der Waals surface area contributed by atoms with Crippen molar-refractivity contribution in [2.45, 2.75) is 23.1 Å². The summed E-state index contributed by atoms with van der Waals surface area (Å²) in [5.74, 6) is 4.39. The van der Waals surface area contributed by atoms with E-state index in [1.54, 1.807) is 40.2 Å². The van der Waals surface area contributed by atoms with Gasteiger partial charge in [-0.1, -0.05) is 0 Å². The van der Waals surface area contributed by atoms with E-state index in [4.69, 9.17) is 47.9 Å². The highest BCUT2D eigenvalue weighted by molar-refractivity contribution is 7.99. The lowest BCUT2D eigenvalue weighted by Crippen LogP contribution is -2.24. The number of hydrogen-bond donors (Lipinski definition) is 2. The van der Waals surface area contributed by atoms with Crippen molar-refractivity contribution in [2.24, 2.45) is 0 Å². The summed E-state index contributed by atoms with van der Waals surface area (Å²) in [7, 11) is 6.62. The van der Waals surface area contributed by atoms with Crippen LogP contribution in [0, 0.1) is 0 Å². The Morgan fingerprint density at radius 3 is 1.05 bits per heavy atom. The van der Waals surface area contributed by atoms with E-state index in [9.17, 15) is 0 Å². The number of nitrogens with one attached hydrogen (secondary N) is 2. The molecule has 2 fully saturated rings. The molecular formula is C42H42N4O8S. The molecule has 2 aliphatic heterocycles. The molecule has 12 nitrogen and oxygen atoms in total.